The molecule has 0 bridgehead atoms. The number of carbonyl (C=O) groups is 4. The molecule has 10 heteroatoms. The van der Waals surface area contributed by atoms with Crippen LogP contribution in [-0.4, -0.2) is 53.7 Å². The second kappa shape index (κ2) is 10.3. The van der Waals surface area contributed by atoms with Gasteiger partial charge in [0.1, 0.15) is 13.2 Å². The van der Waals surface area contributed by atoms with Crippen molar-refractivity contribution in [2.24, 2.45) is 0 Å². The van der Waals surface area contributed by atoms with Crippen LogP contribution < -0.4 is 0 Å². The van der Waals surface area contributed by atoms with Gasteiger partial charge in [0.15, 0.2) is 0 Å². The molecule has 2 amide bonds. The molecule has 1 heterocycles. The fourth-order valence-electron chi connectivity index (χ4n) is 1.33. The highest BCUT2D eigenvalue weighted by atomic mass is 33.1. The van der Waals surface area contributed by atoms with Gasteiger partial charge in [-0.3, -0.25) is 19.2 Å². The Labute approximate surface area is 135 Å². The van der Waals surface area contributed by atoms with Gasteiger partial charge in [-0.2, -0.15) is 0 Å². The molecule has 124 valence electrons. The number of amides is 2. The summed E-state index contributed by atoms with van der Waals surface area (Å²) >= 11 is 0. The Morgan fingerprint density at radius 2 is 1.59 bits per heavy atom. The average molecular weight is 351 g/mol. The number of ether oxygens (including phenoxy) is 2. The molecule has 22 heavy (non-hydrogen) atoms. The molecule has 0 atom stereocenters. The van der Waals surface area contributed by atoms with Gasteiger partial charge >= 0.3 is 12.1 Å². The maximum Gasteiger partial charge on any atom is 0.533 e. The van der Waals surface area contributed by atoms with Crippen LogP contribution in [0.1, 0.15) is 26.2 Å². The van der Waals surface area contributed by atoms with E-state index in [1.807, 2.05) is 0 Å². The SMILES string of the molecule is CCC(=O)OCCSSCCOC(=O)ON1C(=O)CCC1=O. The zero-order chi connectivity index (χ0) is 16.4. The van der Waals surface area contributed by atoms with Gasteiger partial charge in [-0.05, 0) is 0 Å². The quantitative estimate of drug-likeness (QED) is 0.265. The number of esters is 1. The minimum atomic E-state index is -1.08. The van der Waals surface area contributed by atoms with E-state index >= 15 is 0 Å². The molecule has 0 aromatic rings. The Kier molecular flexibility index (Phi) is 8.75. The third-order valence-corrected chi connectivity index (χ3v) is 4.69. The van der Waals surface area contributed by atoms with Gasteiger partial charge in [-0.1, -0.05) is 33.6 Å². The fraction of sp³-hybridized carbons (Fsp3) is 0.667. The van der Waals surface area contributed by atoms with E-state index in [0.29, 0.717) is 29.6 Å². The molecule has 1 aliphatic rings. The number of hydrogen-bond acceptors (Lipinski definition) is 9. The second-order valence-corrected chi connectivity index (χ2v) is 6.69. The summed E-state index contributed by atoms with van der Waals surface area (Å²) in [5.74, 6) is -0.189. The van der Waals surface area contributed by atoms with E-state index in [0.717, 1.165) is 0 Å². The molecule has 1 fully saturated rings. The second-order valence-electron chi connectivity index (χ2n) is 3.99. The lowest BCUT2D eigenvalue weighted by Crippen LogP contribution is -2.32. The molecule has 0 spiro atoms. The molecule has 0 aromatic heterocycles. The van der Waals surface area contributed by atoms with Gasteiger partial charge in [0.05, 0.1) is 0 Å². The van der Waals surface area contributed by atoms with Crippen LogP contribution in [0.2, 0.25) is 0 Å². The smallest absolute Gasteiger partial charge is 0.465 e. The van der Waals surface area contributed by atoms with E-state index in [2.05, 4.69) is 4.84 Å². The van der Waals surface area contributed by atoms with Gasteiger partial charge in [-0.15, -0.1) is 0 Å². The summed E-state index contributed by atoms with van der Waals surface area (Å²) in [5, 5.41) is 0.437. The zero-order valence-corrected chi connectivity index (χ0v) is 13.7. The van der Waals surface area contributed by atoms with Gasteiger partial charge in [0.2, 0.25) is 0 Å². The van der Waals surface area contributed by atoms with Crippen molar-refractivity contribution in [3.05, 3.63) is 0 Å². The highest BCUT2D eigenvalue weighted by Crippen LogP contribution is 2.20. The lowest BCUT2D eigenvalue weighted by atomic mass is 10.4. The minimum absolute atomic E-state index is 0.0429. The monoisotopic (exact) mass is 351 g/mol. The van der Waals surface area contributed by atoms with E-state index in [1.54, 1.807) is 6.92 Å². The number of hydroxylamine groups is 2. The molecule has 0 radical (unpaired) electrons. The van der Waals surface area contributed by atoms with E-state index in [9.17, 15) is 19.2 Å². The Morgan fingerprint density at radius 1 is 1.05 bits per heavy atom. The van der Waals surface area contributed by atoms with Crippen molar-refractivity contribution in [2.75, 3.05) is 24.7 Å². The maximum atomic E-state index is 11.3. The molecule has 0 N–H and O–H groups in total. The first-order chi connectivity index (χ1) is 10.5. The normalized spacial score (nSPS) is 14.1. The summed E-state index contributed by atoms with van der Waals surface area (Å²) in [6, 6.07) is 0. The maximum absolute atomic E-state index is 11.3. The van der Waals surface area contributed by atoms with Crippen molar-refractivity contribution in [3.8, 4) is 0 Å². The molecule has 0 aromatic carbocycles. The molecular weight excluding hydrogens is 334 g/mol. The van der Waals surface area contributed by atoms with Crippen LogP contribution >= 0.6 is 21.6 Å². The summed E-state index contributed by atoms with van der Waals surface area (Å²) in [6.07, 6.45) is -0.635. The Balaban J connectivity index is 1.98. The minimum Gasteiger partial charge on any atom is -0.465 e. The van der Waals surface area contributed by atoms with Crippen LogP contribution in [0, 0.1) is 0 Å². The lowest BCUT2D eigenvalue weighted by Gasteiger charge is -2.12. The number of imide groups is 1. The van der Waals surface area contributed by atoms with E-state index in [1.165, 1.54) is 21.6 Å². The summed E-state index contributed by atoms with van der Waals surface area (Å²) < 4.78 is 9.62. The average Bonchev–Trinajstić information content (AvgIpc) is 2.81. The highest BCUT2D eigenvalue weighted by molar-refractivity contribution is 8.76. The van der Waals surface area contributed by atoms with Crippen LogP contribution in [0.4, 0.5) is 4.79 Å². The standard InChI is InChI=1S/C12H17NO7S2/c1-2-11(16)18-5-7-21-22-8-6-19-12(17)20-13-9(14)3-4-10(13)15/h2-8H2,1H3. The van der Waals surface area contributed by atoms with Crippen LogP contribution in [-0.2, 0) is 28.7 Å². The van der Waals surface area contributed by atoms with Gasteiger partial charge < -0.3 is 9.47 Å². The van der Waals surface area contributed by atoms with Crippen LogP contribution in [0.15, 0.2) is 0 Å². The van der Waals surface area contributed by atoms with Crippen LogP contribution in [0.25, 0.3) is 0 Å². The van der Waals surface area contributed by atoms with Crippen molar-refractivity contribution in [1.29, 1.82) is 0 Å². The van der Waals surface area contributed by atoms with E-state index < -0.39 is 18.0 Å². The molecule has 1 saturated heterocycles. The third kappa shape index (κ3) is 7.03. The number of hydrogen-bond donors (Lipinski definition) is 0. The zero-order valence-electron chi connectivity index (χ0n) is 12.1. The molecular formula is C12H17NO7S2. The Morgan fingerprint density at radius 3 is 2.14 bits per heavy atom. The first-order valence-electron chi connectivity index (χ1n) is 6.65. The van der Waals surface area contributed by atoms with Crippen LogP contribution in [0.3, 0.4) is 0 Å². The van der Waals surface area contributed by atoms with E-state index in [4.69, 9.17) is 9.47 Å². The number of carbonyl (C=O) groups excluding carboxylic acids is 4. The predicted octanol–water partition coefficient (Wildman–Crippen LogP) is 1.54. The largest absolute Gasteiger partial charge is 0.533 e. The number of rotatable bonds is 9. The molecule has 0 unspecified atom stereocenters. The number of nitrogens with zero attached hydrogens (tertiary/aromatic N) is 1. The molecule has 1 aliphatic heterocycles. The summed E-state index contributed by atoms with van der Waals surface area (Å²) in [4.78, 5) is 49.0. The Bertz CT molecular complexity index is 414. The van der Waals surface area contributed by atoms with Gasteiger partial charge in [0.25, 0.3) is 11.8 Å². The molecule has 0 aliphatic carbocycles. The van der Waals surface area contributed by atoms with Gasteiger partial charge in [-0.25, -0.2) is 4.79 Å². The van der Waals surface area contributed by atoms with Crippen molar-refractivity contribution < 1.29 is 33.5 Å². The first-order valence-corrected chi connectivity index (χ1v) is 9.14. The summed E-state index contributed by atoms with van der Waals surface area (Å²) in [6.45, 7) is 2.15. The first kappa shape index (κ1) is 18.6. The fourth-order valence-corrected chi connectivity index (χ4v) is 2.98. The molecule has 0 saturated carbocycles. The van der Waals surface area contributed by atoms with Crippen molar-refractivity contribution in [2.45, 2.75) is 26.2 Å². The van der Waals surface area contributed by atoms with E-state index in [-0.39, 0.29) is 25.4 Å². The molecule has 8 nitrogen and oxygen atoms in total. The van der Waals surface area contributed by atoms with Gasteiger partial charge in [0, 0.05) is 30.8 Å². The topological polar surface area (TPSA) is 99.2 Å². The van der Waals surface area contributed by atoms with Crippen molar-refractivity contribution in [3.63, 3.8) is 0 Å². The molecule has 1 rings (SSSR count). The van der Waals surface area contributed by atoms with Crippen LogP contribution in [0.5, 0.6) is 0 Å². The predicted molar refractivity (Wildman–Crippen MR) is 79.7 cm³/mol. The highest BCUT2D eigenvalue weighted by Gasteiger charge is 2.33. The third-order valence-electron chi connectivity index (χ3n) is 2.36. The lowest BCUT2D eigenvalue weighted by molar-refractivity contribution is -0.176. The van der Waals surface area contributed by atoms with Crippen molar-refractivity contribution >= 4 is 45.5 Å². The summed E-state index contributed by atoms with van der Waals surface area (Å²) in [7, 11) is 2.92. The van der Waals surface area contributed by atoms with Crippen molar-refractivity contribution in [1.82, 2.24) is 5.06 Å². The summed E-state index contributed by atoms with van der Waals surface area (Å²) in [5.41, 5.74) is 0. The Hall–Kier alpha value is -1.42.